The minimum Gasteiger partial charge on any atom is -0.504 e. The SMILES string of the molecule is C#C.Cn1nc(-c2ccccc2)c(O)c1C(=O)NC1=NC/C=C(Cl)\C=C/CCN1. The second-order valence-corrected chi connectivity index (χ2v) is 6.32. The first-order valence-electron chi connectivity index (χ1n) is 8.83. The molecule has 0 atom stereocenters. The summed E-state index contributed by atoms with van der Waals surface area (Å²) in [5.74, 6) is -0.357. The van der Waals surface area contributed by atoms with Crippen molar-refractivity contribution in [1.82, 2.24) is 20.4 Å². The molecule has 0 saturated carbocycles. The monoisotopic (exact) mass is 411 g/mol. The molecular formula is C21H22ClN5O2. The number of terminal acetylenes is 1. The van der Waals surface area contributed by atoms with Gasteiger partial charge in [-0.15, -0.1) is 12.8 Å². The Labute approximate surface area is 174 Å². The maximum absolute atomic E-state index is 12.7. The molecule has 29 heavy (non-hydrogen) atoms. The largest absolute Gasteiger partial charge is 0.504 e. The van der Waals surface area contributed by atoms with Crippen molar-refractivity contribution >= 4 is 23.5 Å². The summed E-state index contributed by atoms with van der Waals surface area (Å²) in [6, 6.07) is 9.20. The van der Waals surface area contributed by atoms with E-state index in [0.717, 1.165) is 12.0 Å². The molecule has 150 valence electrons. The lowest BCUT2D eigenvalue weighted by atomic mass is 10.1. The van der Waals surface area contributed by atoms with Gasteiger partial charge in [-0.3, -0.25) is 14.8 Å². The Hall–Kier alpha value is -3.50. The molecule has 0 saturated heterocycles. The maximum atomic E-state index is 12.7. The Kier molecular flexibility index (Phi) is 8.07. The van der Waals surface area contributed by atoms with E-state index in [1.807, 2.05) is 42.5 Å². The molecule has 0 bridgehead atoms. The lowest BCUT2D eigenvalue weighted by molar-refractivity contribution is 0.0964. The van der Waals surface area contributed by atoms with Crippen LogP contribution in [-0.4, -0.2) is 39.8 Å². The Morgan fingerprint density at radius 1 is 1.31 bits per heavy atom. The summed E-state index contributed by atoms with van der Waals surface area (Å²) >= 11 is 6.02. The number of aliphatic imine (C=N–C) groups is 1. The van der Waals surface area contributed by atoms with E-state index in [4.69, 9.17) is 11.6 Å². The predicted octanol–water partition coefficient (Wildman–Crippen LogP) is 2.80. The van der Waals surface area contributed by atoms with Crippen molar-refractivity contribution in [1.29, 1.82) is 0 Å². The van der Waals surface area contributed by atoms with Crippen LogP contribution in [0.4, 0.5) is 0 Å². The topological polar surface area (TPSA) is 91.5 Å². The zero-order valence-corrected chi connectivity index (χ0v) is 16.7. The van der Waals surface area contributed by atoms with Crippen LogP contribution in [0.5, 0.6) is 5.75 Å². The fraction of sp³-hybridized carbons (Fsp3) is 0.190. The molecule has 1 aliphatic rings. The van der Waals surface area contributed by atoms with Gasteiger partial charge in [0.1, 0.15) is 5.69 Å². The molecule has 3 N–H and O–H groups in total. The summed E-state index contributed by atoms with van der Waals surface area (Å²) in [6.45, 7) is 0.908. The van der Waals surface area contributed by atoms with Gasteiger partial charge in [-0.2, -0.15) is 5.10 Å². The molecule has 0 unspecified atom stereocenters. The molecule has 7 nitrogen and oxygen atoms in total. The van der Waals surface area contributed by atoms with Crippen LogP contribution in [0, 0.1) is 12.8 Å². The van der Waals surface area contributed by atoms with E-state index < -0.39 is 5.91 Å². The second-order valence-electron chi connectivity index (χ2n) is 5.89. The highest BCUT2D eigenvalue weighted by Gasteiger charge is 2.23. The fourth-order valence-electron chi connectivity index (χ4n) is 2.63. The molecule has 2 aromatic rings. The number of allylic oxidation sites excluding steroid dienone is 2. The summed E-state index contributed by atoms with van der Waals surface area (Å²) in [7, 11) is 1.61. The van der Waals surface area contributed by atoms with Crippen molar-refractivity contribution in [2.24, 2.45) is 12.0 Å². The third kappa shape index (κ3) is 5.74. The summed E-state index contributed by atoms with van der Waals surface area (Å²) < 4.78 is 1.35. The number of nitrogens with one attached hydrogen (secondary N) is 2. The van der Waals surface area contributed by atoms with Gasteiger partial charge in [0.15, 0.2) is 17.4 Å². The molecule has 0 aliphatic carbocycles. The van der Waals surface area contributed by atoms with Crippen molar-refractivity contribution in [3.63, 3.8) is 0 Å². The van der Waals surface area contributed by atoms with Gasteiger partial charge in [0.2, 0.25) is 0 Å². The smallest absolute Gasteiger partial charge is 0.280 e. The number of aromatic nitrogens is 2. The van der Waals surface area contributed by atoms with Gasteiger partial charge in [-0.1, -0.05) is 48.0 Å². The molecule has 2 heterocycles. The highest BCUT2D eigenvalue weighted by Crippen LogP contribution is 2.30. The summed E-state index contributed by atoms with van der Waals surface area (Å²) in [5, 5.41) is 21.2. The van der Waals surface area contributed by atoms with Crippen LogP contribution in [0.3, 0.4) is 0 Å². The highest BCUT2D eigenvalue weighted by atomic mass is 35.5. The first-order chi connectivity index (χ1) is 14.1. The number of carbonyl (C=O) groups is 1. The van der Waals surface area contributed by atoms with E-state index in [1.54, 1.807) is 13.1 Å². The molecule has 1 amide bonds. The first-order valence-corrected chi connectivity index (χ1v) is 9.20. The molecule has 1 aromatic heterocycles. The van der Waals surface area contributed by atoms with Crippen LogP contribution in [0.25, 0.3) is 11.3 Å². The average molecular weight is 412 g/mol. The molecule has 0 radical (unpaired) electrons. The van der Waals surface area contributed by atoms with Gasteiger partial charge in [-0.25, -0.2) is 4.99 Å². The lowest BCUT2D eigenvalue weighted by Crippen LogP contribution is -2.42. The predicted molar refractivity (Wildman–Crippen MR) is 116 cm³/mol. The van der Waals surface area contributed by atoms with Crippen molar-refractivity contribution in [2.45, 2.75) is 6.42 Å². The molecule has 1 aromatic carbocycles. The molecule has 8 heteroatoms. The van der Waals surface area contributed by atoms with Crippen molar-refractivity contribution < 1.29 is 9.90 Å². The number of hydrogen-bond donors (Lipinski definition) is 3. The van der Waals surface area contributed by atoms with E-state index in [2.05, 4.69) is 33.6 Å². The number of aromatic hydroxyl groups is 1. The molecule has 0 spiro atoms. The zero-order chi connectivity index (χ0) is 21.2. The van der Waals surface area contributed by atoms with Gasteiger partial charge < -0.3 is 10.4 Å². The quantitative estimate of drug-likeness (QED) is 0.662. The summed E-state index contributed by atoms with van der Waals surface area (Å²) in [4.78, 5) is 17.0. The minimum absolute atomic E-state index is 0.0592. The minimum atomic E-state index is -0.501. The van der Waals surface area contributed by atoms with Gasteiger partial charge in [0, 0.05) is 24.2 Å². The number of rotatable bonds is 2. The van der Waals surface area contributed by atoms with Gasteiger partial charge in [0.05, 0.1) is 6.54 Å². The average Bonchev–Trinajstić information content (AvgIpc) is 3.03. The standard InChI is InChI=1S/C19H20ClN5O2.C2H2/c1-25-16(17(26)15(24-25)13-7-3-2-4-8-13)18(27)23-19-21-11-6-5-9-14(20)10-12-22-19;1-2/h2-5,7-10,26H,6,11-12H2,1H3,(H2,21,22,23,27);1-2H/b9-5-,14-10+;. The van der Waals surface area contributed by atoms with Crippen LogP contribution < -0.4 is 10.6 Å². The summed E-state index contributed by atoms with van der Waals surface area (Å²) in [5.41, 5.74) is 1.14. The van der Waals surface area contributed by atoms with Crippen molar-refractivity contribution in [2.75, 3.05) is 13.1 Å². The fourth-order valence-corrected chi connectivity index (χ4v) is 2.78. The number of amides is 1. The van der Waals surface area contributed by atoms with Crippen LogP contribution >= 0.6 is 11.6 Å². The van der Waals surface area contributed by atoms with E-state index >= 15 is 0 Å². The zero-order valence-electron chi connectivity index (χ0n) is 16.0. The number of hydrogen-bond acceptors (Lipinski definition) is 5. The van der Waals surface area contributed by atoms with Crippen molar-refractivity contribution in [3.05, 3.63) is 59.3 Å². The number of carbonyl (C=O) groups excluding carboxylic acids is 1. The van der Waals surface area contributed by atoms with Gasteiger partial charge >= 0.3 is 0 Å². The van der Waals surface area contributed by atoms with E-state index in [9.17, 15) is 9.90 Å². The maximum Gasteiger partial charge on any atom is 0.280 e. The Morgan fingerprint density at radius 3 is 2.76 bits per heavy atom. The molecule has 3 rings (SSSR count). The van der Waals surface area contributed by atoms with Crippen molar-refractivity contribution in [3.8, 4) is 29.9 Å². The first kappa shape index (κ1) is 21.8. The molecule has 0 fully saturated rings. The van der Waals surface area contributed by atoms with Crippen LogP contribution in [-0.2, 0) is 7.05 Å². The molecular weight excluding hydrogens is 390 g/mol. The number of nitrogens with zero attached hydrogens (tertiary/aromatic N) is 3. The number of benzene rings is 1. The lowest BCUT2D eigenvalue weighted by Gasteiger charge is -2.11. The third-order valence-electron chi connectivity index (χ3n) is 3.93. The Bertz CT molecular complexity index is 958. The van der Waals surface area contributed by atoms with E-state index in [1.165, 1.54) is 4.68 Å². The highest BCUT2D eigenvalue weighted by molar-refractivity contribution is 6.31. The van der Waals surface area contributed by atoms with Crippen LogP contribution in [0.1, 0.15) is 16.9 Å². The molecule has 1 aliphatic heterocycles. The number of aryl methyl sites for hydroxylation is 1. The Morgan fingerprint density at radius 2 is 2.03 bits per heavy atom. The normalized spacial score (nSPS) is 16.7. The van der Waals surface area contributed by atoms with Crippen LogP contribution in [0.2, 0.25) is 0 Å². The van der Waals surface area contributed by atoms with E-state index in [0.29, 0.717) is 29.8 Å². The number of guanidine groups is 1. The second kappa shape index (κ2) is 10.7. The van der Waals surface area contributed by atoms with E-state index in [-0.39, 0.29) is 11.4 Å². The number of halogens is 1. The Balaban J connectivity index is 0.00000145. The summed E-state index contributed by atoms with van der Waals surface area (Å²) in [6.07, 6.45) is 14.2. The van der Waals surface area contributed by atoms with Gasteiger partial charge in [-0.05, 0) is 18.6 Å². The van der Waals surface area contributed by atoms with Crippen LogP contribution in [0.15, 0.2) is 58.6 Å². The van der Waals surface area contributed by atoms with Gasteiger partial charge in [0.25, 0.3) is 5.91 Å². The third-order valence-corrected chi connectivity index (χ3v) is 4.21.